The van der Waals surface area contributed by atoms with E-state index < -0.39 is 30.0 Å². The molecule has 0 spiro atoms. The van der Waals surface area contributed by atoms with Crippen molar-refractivity contribution < 1.29 is 35.4 Å². The van der Waals surface area contributed by atoms with Crippen molar-refractivity contribution in [1.29, 1.82) is 0 Å². The van der Waals surface area contributed by atoms with Gasteiger partial charge in [0.1, 0.15) is 32.0 Å². The molecule has 376 valence electrons. The van der Waals surface area contributed by atoms with E-state index >= 15 is 0 Å². The Labute approximate surface area is 427 Å². The molecule has 0 bridgehead atoms. The molecule has 21 nitrogen and oxygen atoms in total. The molecule has 0 fully saturated rings. The summed E-state index contributed by atoms with van der Waals surface area (Å²) >= 11 is 3.51. The predicted molar refractivity (Wildman–Crippen MR) is 286 cm³/mol. The first kappa shape index (κ1) is 51.4. The van der Waals surface area contributed by atoms with Crippen LogP contribution in [0.4, 0.5) is 56.0 Å². The van der Waals surface area contributed by atoms with E-state index in [0.29, 0.717) is 60.0 Å². The number of rotatable bonds is 22. The van der Waals surface area contributed by atoms with Gasteiger partial charge in [-0.3, -0.25) is 20.0 Å². The largest absolute Gasteiger partial charge is 0.495 e. The van der Waals surface area contributed by atoms with Crippen LogP contribution in [0.1, 0.15) is 33.3 Å². The summed E-state index contributed by atoms with van der Waals surface area (Å²) in [5.41, 5.74) is 12.2. The van der Waals surface area contributed by atoms with Gasteiger partial charge in [0.2, 0.25) is 11.9 Å². The quantitative estimate of drug-likeness (QED) is 0.0159. The fourth-order valence-corrected chi connectivity index (χ4v) is 11.0. The van der Waals surface area contributed by atoms with Gasteiger partial charge in [0.05, 0.1) is 42.3 Å². The molecule has 8 aromatic rings. The van der Waals surface area contributed by atoms with Crippen LogP contribution in [-0.2, 0) is 26.0 Å². The first-order chi connectivity index (χ1) is 34.6. The molecule has 26 heteroatoms. The summed E-state index contributed by atoms with van der Waals surface area (Å²) in [6.45, 7) is 11.2. The zero-order valence-electron chi connectivity index (χ0n) is 39.6. The molecule has 0 aliphatic heterocycles. The van der Waals surface area contributed by atoms with Gasteiger partial charge in [-0.15, -0.1) is 10.2 Å². The van der Waals surface area contributed by atoms with E-state index in [1.807, 2.05) is 66.7 Å². The lowest BCUT2D eigenvalue weighted by molar-refractivity contribution is 0.398. The van der Waals surface area contributed by atoms with Crippen molar-refractivity contribution in [3.8, 4) is 11.5 Å². The third kappa shape index (κ3) is 11.7. The highest BCUT2D eigenvalue weighted by Crippen LogP contribution is 2.41. The third-order valence-corrected chi connectivity index (χ3v) is 15.4. The van der Waals surface area contributed by atoms with Gasteiger partial charge in [0, 0.05) is 54.1 Å². The van der Waals surface area contributed by atoms with Crippen LogP contribution in [0.2, 0.25) is 0 Å². The number of hydrazine groups is 1. The second-order valence-electron chi connectivity index (χ2n) is 15.5. The molecule has 0 unspecified atom stereocenters. The number of benzene rings is 5. The van der Waals surface area contributed by atoms with Crippen LogP contribution in [-0.4, -0.2) is 90.0 Å². The molecule has 5 aromatic carbocycles. The van der Waals surface area contributed by atoms with E-state index in [0.717, 1.165) is 66.2 Å². The number of ether oxygens (including phenoxy) is 2. The molecule has 0 amide bonds. The molecule has 3 aromatic heterocycles. The summed E-state index contributed by atoms with van der Waals surface area (Å²) in [7, 11) is -6.55. The van der Waals surface area contributed by atoms with Crippen molar-refractivity contribution in [3.63, 3.8) is 0 Å². The highest BCUT2D eigenvalue weighted by atomic mass is 32.2. The highest BCUT2D eigenvalue weighted by molar-refractivity contribution is 7.98. The van der Waals surface area contributed by atoms with E-state index in [2.05, 4.69) is 78.0 Å². The average Bonchev–Trinajstić information content (AvgIpc) is 3.97. The van der Waals surface area contributed by atoms with Crippen LogP contribution in [0.3, 0.4) is 0 Å². The fourth-order valence-electron chi connectivity index (χ4n) is 7.52. The third-order valence-electron chi connectivity index (χ3n) is 11.2. The number of thioether (sulfide) groups is 1. The molecule has 0 atom stereocenters. The Bertz CT molecular complexity index is 3500. The first-order valence-electron chi connectivity index (χ1n) is 22.2. The second kappa shape index (κ2) is 22.2. The number of methoxy groups -OCH3 is 2. The number of fused-ring (bicyclic) bond motifs is 2. The summed E-state index contributed by atoms with van der Waals surface area (Å²) in [4.78, 5) is 18.2. The molecule has 6 N–H and O–H groups in total. The van der Waals surface area contributed by atoms with Crippen molar-refractivity contribution >= 4 is 133 Å². The number of nitrogens with one attached hydrogen (secondary N) is 4. The Kier molecular flexibility index (Phi) is 15.9. The highest BCUT2D eigenvalue weighted by Gasteiger charge is 2.23. The van der Waals surface area contributed by atoms with Crippen molar-refractivity contribution in [2.45, 2.75) is 48.4 Å². The van der Waals surface area contributed by atoms with Crippen LogP contribution in [0.15, 0.2) is 116 Å². The Hall–Kier alpha value is -6.94. The van der Waals surface area contributed by atoms with E-state index in [4.69, 9.17) is 24.4 Å². The molecule has 0 saturated carbocycles. The molecule has 0 radical (unpaired) electrons. The SMILES string of the molecule is CCN(CC)c1ccc(N=Nc2snc3cc(S(=O)(=O)O)c(OC)cc23)c(Nc2nc(Nc3cc(N(CC)CC)ccc3NNc3snc4cc(S(=O)(=O)O)c(OC)cc34)nc(SCc3ccccc3)n2)c1. The maximum Gasteiger partial charge on any atom is 0.298 e. The Balaban J connectivity index is 1.18. The Morgan fingerprint density at radius 3 is 1.78 bits per heavy atom. The topological polar surface area (TPSA) is 271 Å². The van der Waals surface area contributed by atoms with Gasteiger partial charge in [0.15, 0.2) is 10.2 Å². The minimum atomic E-state index is -4.59. The van der Waals surface area contributed by atoms with Crippen molar-refractivity contribution in [3.05, 3.63) is 96.6 Å². The molecule has 3 heterocycles. The monoisotopic (exact) mass is 1070 g/mol. The van der Waals surface area contributed by atoms with Crippen molar-refractivity contribution in [1.82, 2.24) is 23.7 Å². The maximum atomic E-state index is 12.1. The summed E-state index contributed by atoms with van der Waals surface area (Å²) in [6.07, 6.45) is 0. The zero-order chi connectivity index (χ0) is 51.2. The number of hydrogen-bond donors (Lipinski definition) is 6. The first-order valence-corrected chi connectivity index (χ1v) is 27.6. The molecular formula is C46H49N13O8S5. The fraction of sp³-hybridized carbons (Fsp3) is 0.239. The van der Waals surface area contributed by atoms with Crippen LogP contribution in [0, 0.1) is 0 Å². The molecule has 0 saturated heterocycles. The van der Waals surface area contributed by atoms with Crippen LogP contribution in [0.25, 0.3) is 21.8 Å². The summed E-state index contributed by atoms with van der Waals surface area (Å²) in [5, 5.41) is 18.4. The van der Waals surface area contributed by atoms with Crippen molar-refractivity contribution in [2.24, 2.45) is 10.2 Å². The zero-order valence-corrected chi connectivity index (χ0v) is 43.7. The maximum absolute atomic E-state index is 12.1. The van der Waals surface area contributed by atoms with Crippen LogP contribution in [0.5, 0.6) is 11.5 Å². The lowest BCUT2D eigenvalue weighted by Gasteiger charge is -2.23. The van der Waals surface area contributed by atoms with E-state index in [-0.39, 0.29) is 28.9 Å². The molecule has 8 rings (SSSR count). The van der Waals surface area contributed by atoms with Crippen molar-refractivity contribution in [2.75, 3.05) is 71.7 Å². The molecule has 0 aliphatic carbocycles. The number of hydrogen-bond acceptors (Lipinski definition) is 22. The smallest absolute Gasteiger partial charge is 0.298 e. The summed E-state index contributed by atoms with van der Waals surface area (Å²) in [5.74, 6) is 0.867. The Morgan fingerprint density at radius 1 is 0.625 bits per heavy atom. The second-order valence-corrected chi connectivity index (χ2v) is 20.8. The van der Waals surface area contributed by atoms with Gasteiger partial charge < -0.3 is 29.9 Å². The molecule has 72 heavy (non-hydrogen) atoms. The molecular weight excluding hydrogens is 1020 g/mol. The lowest BCUT2D eigenvalue weighted by Crippen LogP contribution is -2.22. The van der Waals surface area contributed by atoms with Gasteiger partial charge in [-0.05, 0) is 117 Å². The number of aromatic nitrogens is 5. The van der Waals surface area contributed by atoms with Crippen LogP contribution >= 0.6 is 34.8 Å². The normalized spacial score (nSPS) is 11.8. The number of anilines is 8. The summed E-state index contributed by atoms with van der Waals surface area (Å²) in [6, 6.07) is 26.9. The van der Waals surface area contributed by atoms with Gasteiger partial charge >= 0.3 is 0 Å². The van der Waals surface area contributed by atoms with E-state index in [1.54, 1.807) is 0 Å². The number of azo groups is 1. The van der Waals surface area contributed by atoms with Gasteiger partial charge in [-0.1, -0.05) is 42.1 Å². The standard InChI is InChI=1S/C46H49N13O8S5/c1-7-58(8-2)28-16-18-32(52-54-42-30-22-38(66-5)40(71(60,61)62)24-34(30)56-69-42)36(20-28)47-44-49-45(51-46(50-44)68-26-27-14-12-11-13-15-27)48-37-21-29(59(9-3)10-4)17-19-33(37)53-55-43-31-23-39(67-6)41(72(63,64)65)25-35(31)57-70-43/h11-25,52,54H,7-10,26H2,1-6H3,(H,60,61,62)(H,63,64,65)(H2,47,48,49,50,51). The molecule has 0 aliphatic rings. The van der Waals surface area contributed by atoms with Gasteiger partial charge in [0.25, 0.3) is 20.2 Å². The minimum Gasteiger partial charge on any atom is -0.495 e. The predicted octanol–water partition coefficient (Wildman–Crippen LogP) is 10.9. The number of nitrogens with zero attached hydrogens (tertiary/aromatic N) is 9. The van der Waals surface area contributed by atoms with Gasteiger partial charge in [-0.25, -0.2) is 0 Å². The average molecular weight is 1070 g/mol. The summed E-state index contributed by atoms with van der Waals surface area (Å²) < 4.78 is 87.4. The Morgan fingerprint density at radius 2 is 1.18 bits per heavy atom. The van der Waals surface area contributed by atoms with E-state index in [1.165, 1.54) is 50.2 Å². The lowest BCUT2D eigenvalue weighted by atomic mass is 10.2. The minimum absolute atomic E-state index is 0.0389. The van der Waals surface area contributed by atoms with Gasteiger partial charge in [-0.2, -0.15) is 40.5 Å². The van der Waals surface area contributed by atoms with E-state index in [9.17, 15) is 25.9 Å². The van der Waals surface area contributed by atoms with Crippen LogP contribution < -0.4 is 40.8 Å².